The summed E-state index contributed by atoms with van der Waals surface area (Å²) in [5, 5.41) is -0.0513. The zero-order chi connectivity index (χ0) is 17.2. The molecule has 1 saturated carbocycles. The van der Waals surface area contributed by atoms with E-state index in [1.165, 1.54) is 18.2 Å². The van der Waals surface area contributed by atoms with E-state index in [4.69, 9.17) is 16.3 Å². The number of nitrogens with zero attached hydrogens (tertiary/aromatic N) is 3. The third-order valence-electron chi connectivity index (χ3n) is 5.15. The van der Waals surface area contributed by atoms with Crippen LogP contribution in [0.3, 0.4) is 0 Å². The first-order chi connectivity index (χ1) is 12.1. The fraction of sp³-hybridized carbons (Fsp3) is 0.389. The van der Waals surface area contributed by atoms with E-state index in [-0.39, 0.29) is 10.9 Å². The van der Waals surface area contributed by atoms with Gasteiger partial charge in [0, 0.05) is 23.2 Å². The summed E-state index contributed by atoms with van der Waals surface area (Å²) < 4.78 is 19.2. The van der Waals surface area contributed by atoms with Crippen LogP contribution >= 0.6 is 11.6 Å². The number of carbonyl (C=O) groups is 1. The molecule has 0 N–H and O–H groups in total. The average molecular weight is 360 g/mol. The number of aromatic nitrogens is 2. The zero-order valence-corrected chi connectivity index (χ0v) is 14.1. The summed E-state index contributed by atoms with van der Waals surface area (Å²) in [6.45, 7) is 1.35. The number of hydrogen-bond donors (Lipinski definition) is 0. The summed E-state index contributed by atoms with van der Waals surface area (Å²) in [5.41, 5.74) is 1.79. The second-order valence-electron chi connectivity index (χ2n) is 6.94. The fourth-order valence-electron chi connectivity index (χ4n) is 3.53. The van der Waals surface area contributed by atoms with Crippen molar-refractivity contribution in [3.63, 3.8) is 0 Å². The zero-order valence-electron chi connectivity index (χ0n) is 13.3. The Morgan fingerprint density at radius 2 is 2.16 bits per heavy atom. The molecule has 0 atom stereocenters. The Kier molecular flexibility index (Phi) is 3.18. The molecular formula is C18H15ClFN3O2. The molecule has 25 heavy (non-hydrogen) atoms. The highest BCUT2D eigenvalue weighted by Gasteiger charge is 2.52. The number of hydrogen-bond acceptors (Lipinski definition) is 4. The molecule has 2 aromatic rings. The standard InChI is InChI=1S/C18H15ClFN3O2/c19-13-5-11(3-4-14(13)20)17(24)23-8-18(9-23)12-6-21-16(10-1-2-10)22-15(12)7-25-18/h3-6,10H,1-2,7-9H2. The van der Waals surface area contributed by atoms with E-state index in [1.54, 1.807) is 4.90 Å². The van der Waals surface area contributed by atoms with Crippen molar-refractivity contribution >= 4 is 17.5 Å². The molecule has 128 valence electrons. The number of carbonyl (C=O) groups excluding carboxylic acids is 1. The molecule has 3 aliphatic rings. The third-order valence-corrected chi connectivity index (χ3v) is 5.44. The van der Waals surface area contributed by atoms with Crippen LogP contribution in [0.25, 0.3) is 0 Å². The van der Waals surface area contributed by atoms with Crippen LogP contribution in [0, 0.1) is 5.82 Å². The number of rotatable bonds is 2. The quantitative estimate of drug-likeness (QED) is 0.827. The monoisotopic (exact) mass is 359 g/mol. The van der Waals surface area contributed by atoms with Crippen LogP contribution in [0.4, 0.5) is 4.39 Å². The van der Waals surface area contributed by atoms with Crippen LogP contribution in [0.5, 0.6) is 0 Å². The second kappa shape index (κ2) is 5.22. The van der Waals surface area contributed by atoms with Crippen LogP contribution in [-0.4, -0.2) is 33.9 Å². The number of benzene rings is 1. The average Bonchev–Trinajstić information content (AvgIpc) is 3.36. The number of likely N-dealkylation sites (tertiary alicyclic amines) is 1. The molecule has 7 heteroatoms. The minimum absolute atomic E-state index is 0.0513. The number of halogens is 2. The summed E-state index contributed by atoms with van der Waals surface area (Å²) in [7, 11) is 0. The first kappa shape index (κ1) is 15.2. The molecule has 1 saturated heterocycles. The predicted octanol–water partition coefficient (Wildman–Crippen LogP) is 3.03. The Morgan fingerprint density at radius 1 is 1.36 bits per heavy atom. The summed E-state index contributed by atoms with van der Waals surface area (Å²) >= 11 is 5.77. The number of fused-ring (bicyclic) bond motifs is 2. The van der Waals surface area contributed by atoms with Gasteiger partial charge in [0.05, 0.1) is 30.4 Å². The fourth-order valence-corrected chi connectivity index (χ4v) is 3.71. The van der Waals surface area contributed by atoms with Gasteiger partial charge in [-0.3, -0.25) is 4.79 Å². The Bertz CT molecular complexity index is 894. The lowest BCUT2D eigenvalue weighted by Crippen LogP contribution is -2.61. The van der Waals surface area contributed by atoms with Crippen molar-refractivity contribution < 1.29 is 13.9 Å². The van der Waals surface area contributed by atoms with Crippen molar-refractivity contribution in [1.29, 1.82) is 0 Å². The van der Waals surface area contributed by atoms with Crippen molar-refractivity contribution in [2.24, 2.45) is 0 Å². The molecule has 3 heterocycles. The third kappa shape index (κ3) is 2.35. The van der Waals surface area contributed by atoms with E-state index in [0.29, 0.717) is 31.2 Å². The van der Waals surface area contributed by atoms with Gasteiger partial charge >= 0.3 is 0 Å². The number of ether oxygens (including phenoxy) is 1. The molecule has 0 radical (unpaired) electrons. The lowest BCUT2D eigenvalue weighted by atomic mass is 9.87. The van der Waals surface area contributed by atoms with Gasteiger partial charge in [0.2, 0.25) is 0 Å². The van der Waals surface area contributed by atoms with E-state index in [1.807, 2.05) is 6.20 Å². The Labute approximate surface area is 148 Å². The Balaban J connectivity index is 1.35. The molecule has 5 rings (SSSR count). The van der Waals surface area contributed by atoms with Crippen LogP contribution in [0.15, 0.2) is 24.4 Å². The molecule has 2 fully saturated rings. The molecule has 1 amide bonds. The lowest BCUT2D eigenvalue weighted by molar-refractivity contribution is -0.126. The van der Waals surface area contributed by atoms with Gasteiger partial charge in [0.1, 0.15) is 17.2 Å². The van der Waals surface area contributed by atoms with Crippen molar-refractivity contribution in [3.05, 3.63) is 57.9 Å². The van der Waals surface area contributed by atoms with E-state index in [2.05, 4.69) is 9.97 Å². The smallest absolute Gasteiger partial charge is 0.254 e. The maximum atomic E-state index is 13.3. The van der Waals surface area contributed by atoms with Crippen molar-refractivity contribution in [2.45, 2.75) is 31.0 Å². The van der Waals surface area contributed by atoms with E-state index >= 15 is 0 Å². The van der Waals surface area contributed by atoms with Crippen molar-refractivity contribution in [3.8, 4) is 0 Å². The van der Waals surface area contributed by atoms with Crippen LogP contribution < -0.4 is 0 Å². The highest BCUT2D eigenvalue weighted by Crippen LogP contribution is 2.45. The Morgan fingerprint density at radius 3 is 2.88 bits per heavy atom. The van der Waals surface area contributed by atoms with Gasteiger partial charge in [-0.25, -0.2) is 14.4 Å². The van der Waals surface area contributed by atoms with Gasteiger partial charge in [0.15, 0.2) is 0 Å². The normalized spacial score (nSPS) is 20.5. The summed E-state index contributed by atoms with van der Waals surface area (Å²) in [5.74, 6) is 0.701. The summed E-state index contributed by atoms with van der Waals surface area (Å²) in [4.78, 5) is 23.4. The minimum atomic E-state index is -0.532. The second-order valence-corrected chi connectivity index (χ2v) is 7.34. The Hall–Kier alpha value is -2.05. The molecule has 2 aliphatic heterocycles. The summed E-state index contributed by atoms with van der Waals surface area (Å²) in [6, 6.07) is 4.02. The SMILES string of the molecule is O=C(c1ccc(F)c(Cl)c1)N1CC2(C1)OCc1nc(C3CC3)ncc12. The van der Waals surface area contributed by atoms with Crippen molar-refractivity contribution in [1.82, 2.24) is 14.9 Å². The van der Waals surface area contributed by atoms with Gasteiger partial charge in [-0.2, -0.15) is 0 Å². The number of amides is 1. The van der Waals surface area contributed by atoms with Gasteiger partial charge in [-0.15, -0.1) is 0 Å². The maximum Gasteiger partial charge on any atom is 0.254 e. The molecular weight excluding hydrogens is 345 g/mol. The molecule has 1 spiro atoms. The topological polar surface area (TPSA) is 55.3 Å². The van der Waals surface area contributed by atoms with E-state index in [9.17, 15) is 9.18 Å². The van der Waals surface area contributed by atoms with Gasteiger partial charge in [-0.05, 0) is 31.0 Å². The van der Waals surface area contributed by atoms with Crippen LogP contribution in [0.2, 0.25) is 5.02 Å². The van der Waals surface area contributed by atoms with Gasteiger partial charge in [-0.1, -0.05) is 11.6 Å². The van der Waals surface area contributed by atoms with Crippen LogP contribution in [-0.2, 0) is 16.9 Å². The molecule has 5 nitrogen and oxygen atoms in total. The first-order valence-corrected chi connectivity index (χ1v) is 8.68. The molecule has 1 aromatic carbocycles. The predicted molar refractivity (Wildman–Crippen MR) is 87.8 cm³/mol. The van der Waals surface area contributed by atoms with Crippen molar-refractivity contribution in [2.75, 3.05) is 13.1 Å². The largest absolute Gasteiger partial charge is 0.360 e. The van der Waals surface area contributed by atoms with E-state index < -0.39 is 11.4 Å². The first-order valence-electron chi connectivity index (χ1n) is 8.30. The van der Waals surface area contributed by atoms with Gasteiger partial charge < -0.3 is 9.64 Å². The highest BCUT2D eigenvalue weighted by molar-refractivity contribution is 6.31. The molecule has 0 unspecified atom stereocenters. The summed E-state index contributed by atoms with van der Waals surface area (Å²) in [6.07, 6.45) is 4.18. The highest BCUT2D eigenvalue weighted by atomic mass is 35.5. The molecule has 0 bridgehead atoms. The molecule has 1 aromatic heterocycles. The van der Waals surface area contributed by atoms with E-state index in [0.717, 1.165) is 29.9 Å². The van der Waals surface area contributed by atoms with Gasteiger partial charge in [0.25, 0.3) is 5.91 Å². The molecule has 1 aliphatic carbocycles. The lowest BCUT2D eigenvalue weighted by Gasteiger charge is -2.47. The van der Waals surface area contributed by atoms with Crippen LogP contribution in [0.1, 0.15) is 46.2 Å². The minimum Gasteiger partial charge on any atom is -0.360 e. The maximum absolute atomic E-state index is 13.3.